The first-order valence-electron chi connectivity index (χ1n) is 6.36. The number of pyridine rings is 2. The van der Waals surface area contributed by atoms with E-state index in [1.165, 1.54) is 18.3 Å². The minimum atomic E-state index is -0.595. The third kappa shape index (κ3) is 3.76. The lowest BCUT2D eigenvalue weighted by Gasteiger charge is -2.18. The van der Waals surface area contributed by atoms with Gasteiger partial charge in [-0.3, -0.25) is 9.78 Å². The van der Waals surface area contributed by atoms with Gasteiger partial charge in [-0.15, -0.1) is 0 Å². The number of anilines is 1. The van der Waals surface area contributed by atoms with E-state index in [0.717, 1.165) is 6.20 Å². The van der Waals surface area contributed by atoms with Crippen molar-refractivity contribution in [2.24, 2.45) is 0 Å². The molecular weight excluding hydrogens is 293 g/mol. The summed E-state index contributed by atoms with van der Waals surface area (Å²) in [6, 6.07) is 4.49. The van der Waals surface area contributed by atoms with Crippen LogP contribution in [-0.4, -0.2) is 15.9 Å². The molecule has 0 aliphatic heterocycles. The van der Waals surface area contributed by atoms with Crippen LogP contribution >= 0.6 is 11.6 Å². The Kier molecular flexibility index (Phi) is 4.23. The van der Waals surface area contributed by atoms with Crippen molar-refractivity contribution in [3.05, 3.63) is 52.8 Å². The maximum Gasteiger partial charge on any atom is 0.255 e. The van der Waals surface area contributed by atoms with E-state index >= 15 is 0 Å². The van der Waals surface area contributed by atoms with Crippen LogP contribution in [-0.2, 0) is 5.41 Å². The lowest BCUT2D eigenvalue weighted by atomic mass is 9.91. The van der Waals surface area contributed by atoms with Crippen LogP contribution in [0.3, 0.4) is 0 Å². The number of nitrogens with one attached hydrogen (secondary N) is 1. The molecular formula is C15H15ClFN3O. The van der Waals surface area contributed by atoms with Crippen LogP contribution in [0.25, 0.3) is 0 Å². The van der Waals surface area contributed by atoms with E-state index in [1.807, 2.05) is 20.8 Å². The second kappa shape index (κ2) is 5.77. The fraction of sp³-hybridized carbons (Fsp3) is 0.267. The molecule has 0 unspecified atom stereocenters. The van der Waals surface area contributed by atoms with Gasteiger partial charge in [0.15, 0.2) is 5.82 Å². The van der Waals surface area contributed by atoms with Gasteiger partial charge < -0.3 is 5.32 Å². The summed E-state index contributed by atoms with van der Waals surface area (Å²) in [5, 5.41) is 2.72. The highest BCUT2D eigenvalue weighted by Crippen LogP contribution is 2.24. The van der Waals surface area contributed by atoms with Gasteiger partial charge in [-0.25, -0.2) is 9.37 Å². The van der Waals surface area contributed by atoms with E-state index in [1.54, 1.807) is 6.07 Å². The van der Waals surface area contributed by atoms with Crippen molar-refractivity contribution in [3.63, 3.8) is 0 Å². The molecule has 2 rings (SSSR count). The molecule has 2 aromatic heterocycles. The minimum absolute atomic E-state index is 0.0697. The summed E-state index contributed by atoms with van der Waals surface area (Å²) in [4.78, 5) is 20.1. The van der Waals surface area contributed by atoms with E-state index < -0.39 is 11.7 Å². The first kappa shape index (κ1) is 15.4. The quantitative estimate of drug-likeness (QED) is 0.858. The predicted molar refractivity (Wildman–Crippen MR) is 80.1 cm³/mol. The Morgan fingerprint density at radius 1 is 1.33 bits per heavy atom. The zero-order valence-corrected chi connectivity index (χ0v) is 12.7. The smallest absolute Gasteiger partial charge is 0.255 e. The third-order valence-electron chi connectivity index (χ3n) is 2.85. The molecule has 4 nitrogen and oxygen atoms in total. The molecule has 0 aliphatic rings. The average molecular weight is 308 g/mol. The van der Waals surface area contributed by atoms with Crippen molar-refractivity contribution in [1.29, 1.82) is 0 Å². The lowest BCUT2D eigenvalue weighted by molar-refractivity contribution is 0.102. The van der Waals surface area contributed by atoms with Crippen LogP contribution < -0.4 is 5.32 Å². The highest BCUT2D eigenvalue weighted by Gasteiger charge is 2.19. The topological polar surface area (TPSA) is 54.9 Å². The minimum Gasteiger partial charge on any atom is -0.319 e. The van der Waals surface area contributed by atoms with Crippen molar-refractivity contribution in [2.75, 3.05) is 5.32 Å². The van der Waals surface area contributed by atoms with Crippen LogP contribution in [0, 0.1) is 5.82 Å². The zero-order chi connectivity index (χ0) is 15.6. The molecule has 21 heavy (non-hydrogen) atoms. The summed E-state index contributed by atoms with van der Waals surface area (Å²) in [5.74, 6) is -1.04. The molecule has 6 heteroatoms. The van der Waals surface area contributed by atoms with Gasteiger partial charge in [0.25, 0.3) is 5.91 Å². The number of rotatable bonds is 2. The Morgan fingerprint density at radius 2 is 2.05 bits per heavy atom. The monoisotopic (exact) mass is 307 g/mol. The SMILES string of the molecule is CC(C)(C)c1cc(C(=O)Nc2ccncc2F)cc(Cl)n1. The van der Waals surface area contributed by atoms with Crippen molar-refractivity contribution in [1.82, 2.24) is 9.97 Å². The van der Waals surface area contributed by atoms with Crippen LogP contribution in [0.15, 0.2) is 30.6 Å². The third-order valence-corrected chi connectivity index (χ3v) is 3.04. The first-order chi connectivity index (χ1) is 9.77. The molecule has 0 saturated carbocycles. The summed E-state index contributed by atoms with van der Waals surface area (Å²) < 4.78 is 13.5. The Morgan fingerprint density at radius 3 is 2.67 bits per heavy atom. The molecule has 0 fully saturated rings. The van der Waals surface area contributed by atoms with Gasteiger partial charge >= 0.3 is 0 Å². The van der Waals surface area contributed by atoms with Crippen molar-refractivity contribution in [2.45, 2.75) is 26.2 Å². The standard InChI is InChI=1S/C15H15ClFN3O/c1-15(2,3)12-6-9(7-13(16)20-12)14(21)19-11-4-5-18-8-10(11)17/h4-8H,1-3H3,(H,18,19,21). The predicted octanol–water partition coefficient (Wildman–Crippen LogP) is 3.82. The fourth-order valence-corrected chi connectivity index (χ4v) is 1.89. The van der Waals surface area contributed by atoms with E-state index in [0.29, 0.717) is 11.3 Å². The number of halogens is 2. The van der Waals surface area contributed by atoms with Gasteiger partial charge in [0.05, 0.1) is 11.9 Å². The Balaban J connectivity index is 2.32. The number of carbonyl (C=O) groups is 1. The van der Waals surface area contributed by atoms with E-state index in [2.05, 4.69) is 15.3 Å². The summed E-state index contributed by atoms with van der Waals surface area (Å²) in [6.45, 7) is 5.90. The maximum absolute atomic E-state index is 13.5. The first-order valence-corrected chi connectivity index (χ1v) is 6.74. The summed E-state index contributed by atoms with van der Waals surface area (Å²) in [5.41, 5.74) is 0.841. The fourth-order valence-electron chi connectivity index (χ4n) is 1.68. The highest BCUT2D eigenvalue weighted by atomic mass is 35.5. The van der Waals surface area contributed by atoms with Crippen molar-refractivity contribution in [3.8, 4) is 0 Å². The Bertz CT molecular complexity index is 683. The number of aromatic nitrogens is 2. The molecule has 0 atom stereocenters. The largest absolute Gasteiger partial charge is 0.319 e. The number of amides is 1. The summed E-state index contributed by atoms with van der Waals surface area (Å²) in [6.07, 6.45) is 2.44. The maximum atomic E-state index is 13.5. The molecule has 0 spiro atoms. The van der Waals surface area contributed by atoms with Crippen molar-refractivity contribution >= 4 is 23.2 Å². The number of hydrogen-bond acceptors (Lipinski definition) is 3. The van der Waals surface area contributed by atoms with E-state index in [9.17, 15) is 9.18 Å². The number of carbonyl (C=O) groups excluding carboxylic acids is 1. The summed E-state index contributed by atoms with van der Waals surface area (Å²) in [7, 11) is 0. The molecule has 1 N–H and O–H groups in total. The molecule has 110 valence electrons. The second-order valence-corrected chi connectivity index (χ2v) is 6.01. The molecule has 2 aromatic rings. The molecule has 2 heterocycles. The molecule has 0 bridgehead atoms. The normalized spacial score (nSPS) is 11.3. The van der Waals surface area contributed by atoms with Crippen LogP contribution in [0.2, 0.25) is 5.15 Å². The molecule has 0 aromatic carbocycles. The molecule has 1 amide bonds. The van der Waals surface area contributed by atoms with Gasteiger partial charge in [-0.05, 0) is 18.2 Å². The van der Waals surface area contributed by atoms with Gasteiger partial charge in [0.1, 0.15) is 5.15 Å². The van der Waals surface area contributed by atoms with Gasteiger partial charge in [0.2, 0.25) is 0 Å². The van der Waals surface area contributed by atoms with Crippen molar-refractivity contribution < 1.29 is 9.18 Å². The number of hydrogen-bond donors (Lipinski definition) is 1. The summed E-state index contributed by atoms with van der Waals surface area (Å²) >= 11 is 5.96. The van der Waals surface area contributed by atoms with E-state index in [-0.39, 0.29) is 16.3 Å². The second-order valence-electron chi connectivity index (χ2n) is 5.62. The van der Waals surface area contributed by atoms with Crippen LogP contribution in [0.1, 0.15) is 36.8 Å². The number of nitrogens with zero attached hydrogens (tertiary/aromatic N) is 2. The van der Waals surface area contributed by atoms with Gasteiger partial charge in [-0.2, -0.15) is 0 Å². The molecule has 0 aliphatic carbocycles. The highest BCUT2D eigenvalue weighted by molar-refractivity contribution is 6.29. The zero-order valence-electron chi connectivity index (χ0n) is 11.9. The van der Waals surface area contributed by atoms with Gasteiger partial charge in [0, 0.05) is 22.9 Å². The Labute approximate surface area is 127 Å². The molecule has 0 saturated heterocycles. The van der Waals surface area contributed by atoms with Crippen LogP contribution in [0.4, 0.5) is 10.1 Å². The van der Waals surface area contributed by atoms with Gasteiger partial charge in [-0.1, -0.05) is 32.4 Å². The average Bonchev–Trinajstić information content (AvgIpc) is 2.39. The lowest BCUT2D eigenvalue weighted by Crippen LogP contribution is -2.18. The van der Waals surface area contributed by atoms with Crippen LogP contribution in [0.5, 0.6) is 0 Å². The molecule has 0 radical (unpaired) electrons. The Hall–Kier alpha value is -2.01. The van der Waals surface area contributed by atoms with E-state index in [4.69, 9.17) is 11.6 Å².